The van der Waals surface area contributed by atoms with Crippen LogP contribution in [0, 0.1) is 6.92 Å². The summed E-state index contributed by atoms with van der Waals surface area (Å²) in [5, 5.41) is 4.71. The Morgan fingerprint density at radius 2 is 2.23 bits per heavy atom. The summed E-state index contributed by atoms with van der Waals surface area (Å²) in [7, 11) is 1.86. The van der Waals surface area contributed by atoms with Crippen LogP contribution in [0.3, 0.4) is 0 Å². The van der Waals surface area contributed by atoms with Crippen LogP contribution in [0.2, 0.25) is 5.02 Å². The summed E-state index contributed by atoms with van der Waals surface area (Å²) in [5.74, 6) is 0. The second-order valence-electron chi connectivity index (χ2n) is 2.81. The van der Waals surface area contributed by atoms with Gasteiger partial charge in [0.1, 0.15) is 0 Å². The molecule has 0 aliphatic heterocycles. The van der Waals surface area contributed by atoms with E-state index in [0.717, 1.165) is 25.9 Å². The lowest BCUT2D eigenvalue weighted by Crippen LogP contribution is -1.84. The Kier molecular flexibility index (Phi) is 2.14. The molecule has 0 bridgehead atoms. The number of aromatic nitrogens is 1. The molecule has 1 heterocycles. The van der Waals surface area contributed by atoms with Gasteiger partial charge in [-0.3, -0.25) is 0 Å². The first-order chi connectivity index (χ1) is 6.22. The molecule has 1 aromatic carbocycles. The summed E-state index contributed by atoms with van der Waals surface area (Å²) in [6.07, 6.45) is 0. The molecule has 0 amide bonds. The minimum absolute atomic E-state index is 0.777. The van der Waals surface area contributed by atoms with Gasteiger partial charge in [-0.15, -0.1) is 0 Å². The molecular formula is C9H9ClN2S. The lowest BCUT2D eigenvalue weighted by molar-refractivity contribution is 1.38. The number of anilines is 1. The average Bonchev–Trinajstić information content (AvgIpc) is 2.56. The smallest absolute Gasteiger partial charge is 0.183 e. The van der Waals surface area contributed by atoms with Crippen LogP contribution in [0.1, 0.15) is 5.56 Å². The van der Waals surface area contributed by atoms with Crippen LogP contribution >= 0.6 is 22.9 Å². The Labute approximate surface area is 85.6 Å². The van der Waals surface area contributed by atoms with E-state index < -0.39 is 0 Å². The van der Waals surface area contributed by atoms with Crippen LogP contribution in [0.5, 0.6) is 0 Å². The number of hydrogen-bond acceptors (Lipinski definition) is 3. The average molecular weight is 213 g/mol. The Hall–Kier alpha value is -0.800. The highest BCUT2D eigenvalue weighted by Gasteiger charge is 2.07. The standard InChI is InChI=1S/C9H9ClN2S/c1-5-3-4-6(10)8-7(5)12-9(11-2)13-8/h3-4H,1-2H3,(H,11,12). The molecule has 0 aliphatic carbocycles. The van der Waals surface area contributed by atoms with Crippen LogP contribution in [-0.2, 0) is 0 Å². The first-order valence-corrected chi connectivity index (χ1v) is 5.15. The summed E-state index contributed by atoms with van der Waals surface area (Å²) < 4.78 is 1.06. The van der Waals surface area contributed by atoms with E-state index in [4.69, 9.17) is 11.6 Å². The molecule has 0 atom stereocenters. The molecule has 68 valence electrons. The first kappa shape index (κ1) is 8.78. The van der Waals surface area contributed by atoms with Crippen molar-refractivity contribution in [3.63, 3.8) is 0 Å². The molecule has 0 saturated heterocycles. The minimum atomic E-state index is 0.777. The number of nitrogens with one attached hydrogen (secondary N) is 1. The molecule has 0 saturated carbocycles. The van der Waals surface area contributed by atoms with E-state index in [1.807, 2.05) is 26.1 Å². The van der Waals surface area contributed by atoms with Gasteiger partial charge in [-0.2, -0.15) is 0 Å². The molecule has 0 radical (unpaired) electrons. The molecule has 2 aromatic rings. The van der Waals surface area contributed by atoms with Crippen LogP contribution in [-0.4, -0.2) is 12.0 Å². The van der Waals surface area contributed by atoms with Crippen molar-refractivity contribution in [2.24, 2.45) is 0 Å². The number of benzene rings is 1. The Bertz CT molecular complexity index is 411. The van der Waals surface area contributed by atoms with Gasteiger partial charge < -0.3 is 5.32 Å². The molecule has 1 N–H and O–H groups in total. The molecule has 2 rings (SSSR count). The number of fused-ring (bicyclic) bond motifs is 1. The fraction of sp³-hybridized carbons (Fsp3) is 0.222. The van der Waals surface area contributed by atoms with E-state index in [0.29, 0.717) is 0 Å². The van der Waals surface area contributed by atoms with Crippen molar-refractivity contribution in [3.05, 3.63) is 22.7 Å². The highest BCUT2D eigenvalue weighted by atomic mass is 35.5. The number of halogens is 1. The van der Waals surface area contributed by atoms with Crippen molar-refractivity contribution in [2.75, 3.05) is 12.4 Å². The predicted octanol–water partition coefficient (Wildman–Crippen LogP) is 3.30. The zero-order valence-corrected chi connectivity index (χ0v) is 8.96. The highest BCUT2D eigenvalue weighted by Crippen LogP contribution is 2.33. The Balaban J connectivity index is 2.80. The van der Waals surface area contributed by atoms with Gasteiger partial charge in [0.2, 0.25) is 0 Å². The second-order valence-corrected chi connectivity index (χ2v) is 4.22. The molecule has 0 unspecified atom stereocenters. The highest BCUT2D eigenvalue weighted by molar-refractivity contribution is 7.22. The second kappa shape index (κ2) is 3.16. The summed E-state index contributed by atoms with van der Waals surface area (Å²) in [6.45, 7) is 2.04. The van der Waals surface area contributed by atoms with Crippen LogP contribution in [0.4, 0.5) is 5.13 Å². The Morgan fingerprint density at radius 3 is 2.85 bits per heavy atom. The molecule has 0 spiro atoms. The zero-order chi connectivity index (χ0) is 9.42. The van der Waals surface area contributed by atoms with Gasteiger partial charge in [-0.05, 0) is 18.6 Å². The van der Waals surface area contributed by atoms with E-state index in [2.05, 4.69) is 10.3 Å². The molecule has 13 heavy (non-hydrogen) atoms. The van der Waals surface area contributed by atoms with E-state index >= 15 is 0 Å². The maximum atomic E-state index is 6.04. The maximum Gasteiger partial charge on any atom is 0.183 e. The van der Waals surface area contributed by atoms with E-state index in [1.54, 1.807) is 11.3 Å². The predicted molar refractivity (Wildman–Crippen MR) is 58.9 cm³/mol. The molecule has 0 aliphatic rings. The van der Waals surface area contributed by atoms with Gasteiger partial charge in [-0.1, -0.05) is 29.0 Å². The fourth-order valence-electron chi connectivity index (χ4n) is 1.21. The molecule has 1 aromatic heterocycles. The number of aryl methyl sites for hydroxylation is 1. The van der Waals surface area contributed by atoms with Crippen LogP contribution in [0.15, 0.2) is 12.1 Å². The van der Waals surface area contributed by atoms with Gasteiger partial charge >= 0.3 is 0 Å². The Morgan fingerprint density at radius 1 is 1.46 bits per heavy atom. The summed E-state index contributed by atoms with van der Waals surface area (Å²) >= 11 is 7.63. The number of nitrogens with zero attached hydrogens (tertiary/aromatic N) is 1. The van der Waals surface area contributed by atoms with Crippen LogP contribution in [0.25, 0.3) is 10.2 Å². The normalized spacial score (nSPS) is 10.7. The monoisotopic (exact) mass is 212 g/mol. The largest absolute Gasteiger partial charge is 0.365 e. The topological polar surface area (TPSA) is 24.9 Å². The molecule has 0 fully saturated rings. The molecule has 4 heteroatoms. The zero-order valence-electron chi connectivity index (χ0n) is 7.39. The van der Waals surface area contributed by atoms with E-state index in [-0.39, 0.29) is 0 Å². The number of thiazole rings is 1. The SMILES string of the molecule is CNc1nc2c(C)ccc(Cl)c2s1. The fourth-order valence-corrected chi connectivity index (χ4v) is 2.38. The summed E-state index contributed by atoms with van der Waals surface area (Å²) in [6, 6.07) is 3.90. The van der Waals surface area contributed by atoms with Crippen LogP contribution < -0.4 is 5.32 Å². The van der Waals surface area contributed by atoms with Crippen molar-refractivity contribution in [3.8, 4) is 0 Å². The summed E-state index contributed by atoms with van der Waals surface area (Å²) in [4.78, 5) is 4.41. The minimum Gasteiger partial charge on any atom is -0.365 e. The van der Waals surface area contributed by atoms with Crippen molar-refractivity contribution in [1.29, 1.82) is 0 Å². The molecule has 2 nitrogen and oxygen atoms in total. The van der Waals surface area contributed by atoms with E-state index in [9.17, 15) is 0 Å². The number of rotatable bonds is 1. The lowest BCUT2D eigenvalue weighted by atomic mass is 10.2. The van der Waals surface area contributed by atoms with Gasteiger partial charge in [-0.25, -0.2) is 4.98 Å². The van der Waals surface area contributed by atoms with Crippen molar-refractivity contribution in [1.82, 2.24) is 4.98 Å². The van der Waals surface area contributed by atoms with Crippen molar-refractivity contribution < 1.29 is 0 Å². The van der Waals surface area contributed by atoms with E-state index in [1.165, 1.54) is 0 Å². The lowest BCUT2D eigenvalue weighted by Gasteiger charge is -1.94. The maximum absolute atomic E-state index is 6.04. The number of hydrogen-bond donors (Lipinski definition) is 1. The van der Waals surface area contributed by atoms with Crippen molar-refractivity contribution >= 4 is 38.3 Å². The first-order valence-electron chi connectivity index (χ1n) is 3.96. The van der Waals surface area contributed by atoms with Crippen molar-refractivity contribution in [2.45, 2.75) is 6.92 Å². The quantitative estimate of drug-likeness (QED) is 0.785. The van der Waals surface area contributed by atoms with Gasteiger partial charge in [0.15, 0.2) is 5.13 Å². The third-order valence-corrected chi connectivity index (χ3v) is 3.44. The van der Waals surface area contributed by atoms with Gasteiger partial charge in [0, 0.05) is 7.05 Å². The molecular weight excluding hydrogens is 204 g/mol. The van der Waals surface area contributed by atoms with Gasteiger partial charge in [0.05, 0.1) is 15.2 Å². The third kappa shape index (κ3) is 1.38. The third-order valence-electron chi connectivity index (χ3n) is 1.91. The summed E-state index contributed by atoms with van der Waals surface area (Å²) in [5.41, 5.74) is 2.17. The van der Waals surface area contributed by atoms with Gasteiger partial charge in [0.25, 0.3) is 0 Å².